The third-order valence-corrected chi connectivity index (χ3v) is 4.38. The van der Waals surface area contributed by atoms with Crippen molar-refractivity contribution in [2.75, 3.05) is 5.32 Å². The summed E-state index contributed by atoms with van der Waals surface area (Å²) >= 11 is 0. The van der Waals surface area contributed by atoms with Crippen LogP contribution in [-0.2, 0) is 13.7 Å². The standard InChI is InChI=1S/C19H20N4O5/c1-11-9-14(5-7-16(11)23(25)26)27-10-15-6-8-17(28-15)19(24)20-18-12(2)21-22(4)13(18)3/h5-9H,10H2,1-4H3,(H,20,24). The maximum atomic E-state index is 12.4. The van der Waals surface area contributed by atoms with Crippen LogP contribution in [0, 0.1) is 30.9 Å². The zero-order chi connectivity index (χ0) is 20.4. The van der Waals surface area contributed by atoms with Gasteiger partial charge in [-0.05, 0) is 45.0 Å². The van der Waals surface area contributed by atoms with E-state index in [-0.39, 0.29) is 24.0 Å². The van der Waals surface area contributed by atoms with Crippen LogP contribution in [0.5, 0.6) is 5.75 Å². The molecule has 0 aliphatic rings. The van der Waals surface area contributed by atoms with E-state index < -0.39 is 4.92 Å². The Morgan fingerprint density at radius 3 is 2.64 bits per heavy atom. The van der Waals surface area contributed by atoms with Gasteiger partial charge >= 0.3 is 0 Å². The largest absolute Gasteiger partial charge is 0.486 e. The van der Waals surface area contributed by atoms with Gasteiger partial charge < -0.3 is 14.5 Å². The second-order valence-electron chi connectivity index (χ2n) is 6.38. The number of aryl methyl sites for hydroxylation is 3. The fraction of sp³-hybridized carbons (Fsp3) is 0.263. The summed E-state index contributed by atoms with van der Waals surface area (Å²) in [5.41, 5.74) is 2.75. The molecule has 28 heavy (non-hydrogen) atoms. The van der Waals surface area contributed by atoms with Crippen LogP contribution in [-0.4, -0.2) is 20.6 Å². The molecule has 0 atom stereocenters. The SMILES string of the molecule is Cc1cc(OCc2ccc(C(=O)Nc3c(C)nn(C)c3C)o2)ccc1[N+](=O)[O-]. The summed E-state index contributed by atoms with van der Waals surface area (Å²) in [7, 11) is 1.81. The third kappa shape index (κ3) is 3.88. The van der Waals surface area contributed by atoms with Crippen molar-refractivity contribution in [2.24, 2.45) is 7.05 Å². The minimum atomic E-state index is -0.442. The molecule has 0 radical (unpaired) electrons. The van der Waals surface area contributed by atoms with Crippen molar-refractivity contribution < 1.29 is 18.9 Å². The van der Waals surface area contributed by atoms with Gasteiger partial charge in [0.2, 0.25) is 0 Å². The molecule has 1 N–H and O–H groups in total. The monoisotopic (exact) mass is 384 g/mol. The number of furan rings is 1. The van der Waals surface area contributed by atoms with Gasteiger partial charge in [-0.1, -0.05) is 0 Å². The van der Waals surface area contributed by atoms with Gasteiger partial charge in [-0.2, -0.15) is 5.10 Å². The average Bonchev–Trinajstić information content (AvgIpc) is 3.20. The number of aromatic nitrogens is 2. The topological polar surface area (TPSA) is 112 Å². The minimum absolute atomic E-state index is 0.0327. The molecule has 9 nitrogen and oxygen atoms in total. The first-order valence-electron chi connectivity index (χ1n) is 8.54. The number of amides is 1. The fourth-order valence-corrected chi connectivity index (χ4v) is 2.78. The maximum Gasteiger partial charge on any atom is 0.291 e. The molecule has 0 unspecified atom stereocenters. The molecular formula is C19H20N4O5. The summed E-state index contributed by atoms with van der Waals surface area (Å²) in [5.74, 6) is 0.714. The first kappa shape index (κ1) is 19.2. The second-order valence-corrected chi connectivity index (χ2v) is 6.38. The molecule has 0 saturated carbocycles. The van der Waals surface area contributed by atoms with E-state index in [1.54, 1.807) is 36.9 Å². The highest BCUT2D eigenvalue weighted by atomic mass is 16.6. The Labute approximate surface area is 161 Å². The lowest BCUT2D eigenvalue weighted by Crippen LogP contribution is -2.12. The summed E-state index contributed by atoms with van der Waals surface area (Å²) in [5, 5.41) is 17.9. The average molecular weight is 384 g/mol. The van der Waals surface area contributed by atoms with E-state index in [9.17, 15) is 14.9 Å². The van der Waals surface area contributed by atoms with Crippen LogP contribution in [0.25, 0.3) is 0 Å². The van der Waals surface area contributed by atoms with E-state index in [0.29, 0.717) is 22.8 Å². The van der Waals surface area contributed by atoms with Crippen molar-refractivity contribution in [3.63, 3.8) is 0 Å². The smallest absolute Gasteiger partial charge is 0.291 e. The number of ether oxygens (including phenoxy) is 1. The number of nitrogens with one attached hydrogen (secondary N) is 1. The number of carbonyl (C=O) groups is 1. The second kappa shape index (κ2) is 7.55. The number of hydrogen-bond acceptors (Lipinski definition) is 6. The molecule has 0 saturated heterocycles. The highest BCUT2D eigenvalue weighted by Gasteiger charge is 2.17. The van der Waals surface area contributed by atoms with Gasteiger partial charge in [0.1, 0.15) is 18.1 Å². The Balaban J connectivity index is 1.65. The molecule has 3 rings (SSSR count). The molecule has 0 bridgehead atoms. The summed E-state index contributed by atoms with van der Waals surface area (Å²) < 4.78 is 12.8. The lowest BCUT2D eigenvalue weighted by atomic mass is 10.2. The molecule has 1 amide bonds. The molecule has 9 heteroatoms. The van der Waals surface area contributed by atoms with E-state index in [1.165, 1.54) is 12.1 Å². The molecule has 2 heterocycles. The van der Waals surface area contributed by atoms with Crippen molar-refractivity contribution >= 4 is 17.3 Å². The van der Waals surface area contributed by atoms with Gasteiger partial charge in [-0.25, -0.2) is 0 Å². The number of anilines is 1. The molecule has 0 aliphatic heterocycles. The highest BCUT2D eigenvalue weighted by molar-refractivity contribution is 6.02. The van der Waals surface area contributed by atoms with Crippen LogP contribution < -0.4 is 10.1 Å². The van der Waals surface area contributed by atoms with Gasteiger partial charge in [-0.15, -0.1) is 0 Å². The van der Waals surface area contributed by atoms with Gasteiger partial charge in [0.25, 0.3) is 11.6 Å². The molecule has 146 valence electrons. The number of nitro groups is 1. The Hall–Kier alpha value is -3.62. The van der Waals surface area contributed by atoms with Crippen LogP contribution in [0.1, 0.15) is 33.3 Å². The first-order valence-corrected chi connectivity index (χ1v) is 8.54. The number of carbonyl (C=O) groups excluding carboxylic acids is 1. The number of benzene rings is 1. The summed E-state index contributed by atoms with van der Waals surface area (Å²) in [6.07, 6.45) is 0. The Bertz CT molecular complexity index is 1050. The van der Waals surface area contributed by atoms with Crippen LogP contribution in [0.2, 0.25) is 0 Å². The Morgan fingerprint density at radius 2 is 2.04 bits per heavy atom. The van der Waals surface area contributed by atoms with E-state index >= 15 is 0 Å². The van der Waals surface area contributed by atoms with Crippen LogP contribution in [0.15, 0.2) is 34.7 Å². The van der Waals surface area contributed by atoms with Gasteiger partial charge in [0, 0.05) is 18.7 Å². The number of rotatable bonds is 6. The lowest BCUT2D eigenvalue weighted by molar-refractivity contribution is -0.385. The highest BCUT2D eigenvalue weighted by Crippen LogP contribution is 2.24. The van der Waals surface area contributed by atoms with Crippen LogP contribution in [0.3, 0.4) is 0 Å². The van der Waals surface area contributed by atoms with Gasteiger partial charge in [0.05, 0.1) is 22.0 Å². The van der Waals surface area contributed by atoms with E-state index in [4.69, 9.17) is 9.15 Å². The van der Waals surface area contributed by atoms with Crippen molar-refractivity contribution in [3.05, 3.63) is 68.9 Å². The molecule has 0 fully saturated rings. The van der Waals surface area contributed by atoms with Crippen LogP contribution in [0.4, 0.5) is 11.4 Å². The fourth-order valence-electron chi connectivity index (χ4n) is 2.78. The third-order valence-electron chi connectivity index (χ3n) is 4.38. The zero-order valence-electron chi connectivity index (χ0n) is 16.0. The van der Waals surface area contributed by atoms with E-state index in [2.05, 4.69) is 10.4 Å². The quantitative estimate of drug-likeness (QED) is 0.512. The van der Waals surface area contributed by atoms with Gasteiger partial charge in [-0.3, -0.25) is 19.6 Å². The Morgan fingerprint density at radius 1 is 1.29 bits per heavy atom. The lowest BCUT2D eigenvalue weighted by Gasteiger charge is -2.06. The van der Waals surface area contributed by atoms with E-state index in [1.807, 2.05) is 13.8 Å². The van der Waals surface area contributed by atoms with Gasteiger partial charge in [0.15, 0.2) is 5.76 Å². The molecule has 0 aliphatic carbocycles. The van der Waals surface area contributed by atoms with Crippen molar-refractivity contribution in [1.82, 2.24) is 9.78 Å². The minimum Gasteiger partial charge on any atom is -0.486 e. The maximum absolute atomic E-state index is 12.4. The van der Waals surface area contributed by atoms with E-state index in [0.717, 1.165) is 11.4 Å². The summed E-state index contributed by atoms with van der Waals surface area (Å²) in [6, 6.07) is 7.72. The Kier molecular flexibility index (Phi) is 5.16. The number of hydrogen-bond donors (Lipinski definition) is 1. The molecular weight excluding hydrogens is 364 g/mol. The van der Waals surface area contributed by atoms with Crippen molar-refractivity contribution in [1.29, 1.82) is 0 Å². The summed E-state index contributed by atoms with van der Waals surface area (Å²) in [4.78, 5) is 22.8. The predicted octanol–water partition coefficient (Wildman–Crippen LogP) is 3.68. The normalized spacial score (nSPS) is 10.7. The van der Waals surface area contributed by atoms with Crippen molar-refractivity contribution in [2.45, 2.75) is 27.4 Å². The van der Waals surface area contributed by atoms with Crippen molar-refractivity contribution in [3.8, 4) is 5.75 Å². The molecule has 0 spiro atoms. The molecule has 1 aromatic carbocycles. The predicted molar refractivity (Wildman–Crippen MR) is 102 cm³/mol. The number of nitro benzene ring substituents is 1. The first-order chi connectivity index (χ1) is 13.3. The molecule has 3 aromatic rings. The molecule has 2 aromatic heterocycles. The summed E-state index contributed by atoms with van der Waals surface area (Å²) in [6.45, 7) is 5.41. The van der Waals surface area contributed by atoms with Crippen LogP contribution >= 0.6 is 0 Å². The number of nitrogens with zero attached hydrogens (tertiary/aromatic N) is 3. The zero-order valence-corrected chi connectivity index (χ0v) is 16.0.